The van der Waals surface area contributed by atoms with Crippen molar-refractivity contribution in [1.29, 1.82) is 0 Å². The number of benzene rings is 1. The van der Waals surface area contributed by atoms with E-state index in [2.05, 4.69) is 15.6 Å². The molecule has 1 unspecified atom stereocenters. The fourth-order valence-corrected chi connectivity index (χ4v) is 5.27. The first-order valence-electron chi connectivity index (χ1n) is 10.6. The zero-order chi connectivity index (χ0) is 23.6. The molecule has 3 aliphatic carbocycles. The van der Waals surface area contributed by atoms with E-state index in [1.54, 1.807) is 6.20 Å². The molecule has 0 saturated heterocycles. The van der Waals surface area contributed by atoms with E-state index in [0.29, 0.717) is 37.3 Å². The molecule has 11 heteroatoms. The lowest BCUT2D eigenvalue weighted by Crippen LogP contribution is -2.70. The number of amides is 2. The van der Waals surface area contributed by atoms with Crippen LogP contribution in [0.3, 0.4) is 0 Å². The number of hydrogen-bond acceptors (Lipinski definition) is 7. The van der Waals surface area contributed by atoms with Crippen molar-refractivity contribution in [3.05, 3.63) is 40.1 Å². The largest absolute Gasteiger partial charge is 0.484 e. The van der Waals surface area contributed by atoms with E-state index in [-0.39, 0.29) is 29.9 Å². The average Bonchev–Trinajstić information content (AvgIpc) is 3.19. The maximum atomic E-state index is 13.5. The summed E-state index contributed by atoms with van der Waals surface area (Å²) in [5, 5.41) is 17.2. The second kappa shape index (κ2) is 9.44. The van der Waals surface area contributed by atoms with Gasteiger partial charge >= 0.3 is 0 Å². The molecular weight excluding hydrogens is 473 g/mol. The lowest BCUT2D eigenvalue weighted by Gasteiger charge is -2.56. The van der Waals surface area contributed by atoms with Crippen molar-refractivity contribution in [1.82, 2.24) is 15.6 Å². The minimum atomic E-state index is -0.820. The summed E-state index contributed by atoms with van der Waals surface area (Å²) < 4.78 is 24.3. The number of fused-ring (bicyclic) bond motifs is 3. The monoisotopic (exact) mass is 497 g/mol. The van der Waals surface area contributed by atoms with Crippen LogP contribution in [0, 0.1) is 12.7 Å². The van der Waals surface area contributed by atoms with Gasteiger partial charge in [-0.15, -0.1) is 0 Å². The number of halogens is 2. The summed E-state index contributed by atoms with van der Waals surface area (Å²) in [5.74, 6) is -1.12. The summed E-state index contributed by atoms with van der Waals surface area (Å²) in [6, 6.07) is 3.94. The third kappa shape index (κ3) is 5.39. The topological polar surface area (TPSA) is 110 Å². The molecule has 1 atom stereocenters. The van der Waals surface area contributed by atoms with Crippen LogP contribution in [0.25, 0.3) is 0 Å². The molecule has 1 aromatic carbocycles. The van der Waals surface area contributed by atoms with Gasteiger partial charge in [0.05, 0.1) is 16.7 Å². The first-order valence-corrected chi connectivity index (χ1v) is 11.8. The Morgan fingerprint density at radius 1 is 1.21 bits per heavy atom. The molecular formula is C22H25ClFN3O5S. The highest BCUT2D eigenvalue weighted by Gasteiger charge is 2.55. The van der Waals surface area contributed by atoms with Gasteiger partial charge in [0.2, 0.25) is 0 Å². The Labute approximate surface area is 199 Å². The third-order valence-corrected chi connectivity index (χ3v) is 7.43. The number of nitrogens with one attached hydrogen (secondary N) is 2. The van der Waals surface area contributed by atoms with E-state index >= 15 is 0 Å². The summed E-state index contributed by atoms with van der Waals surface area (Å²) in [6.07, 6.45) is 3.47. The number of nitrogens with zero attached hydrogens (tertiary/aromatic N) is 1. The van der Waals surface area contributed by atoms with Crippen LogP contribution in [-0.4, -0.2) is 52.3 Å². The van der Waals surface area contributed by atoms with Gasteiger partial charge in [-0.3, -0.25) is 9.59 Å². The molecule has 2 amide bonds. The molecule has 2 aromatic rings. The van der Waals surface area contributed by atoms with Gasteiger partial charge in [-0.05, 0) is 51.2 Å². The minimum Gasteiger partial charge on any atom is -0.484 e. The smallest absolute Gasteiger partial charge is 0.273 e. The van der Waals surface area contributed by atoms with E-state index < -0.39 is 28.9 Å². The summed E-state index contributed by atoms with van der Waals surface area (Å²) in [4.78, 5) is 30.0. The highest BCUT2D eigenvalue weighted by atomic mass is 35.5. The van der Waals surface area contributed by atoms with E-state index in [9.17, 15) is 19.1 Å². The molecule has 2 bridgehead atoms. The summed E-state index contributed by atoms with van der Waals surface area (Å²) >= 11 is 7.02. The Hall–Kier alpha value is -2.43. The first-order chi connectivity index (χ1) is 15.7. The Kier molecular flexibility index (Phi) is 6.78. The van der Waals surface area contributed by atoms with Gasteiger partial charge in [0.15, 0.2) is 13.2 Å². The SMILES string of the molecule is Cc1cnc(OCC(=O)NC23CCC(NC(=O)COc4ccc(Cl)c(F)c4)(CC2)C(O)C3)s1. The Bertz CT molecular complexity index is 1040. The van der Waals surface area contributed by atoms with Crippen LogP contribution in [0.1, 0.15) is 37.0 Å². The summed E-state index contributed by atoms with van der Waals surface area (Å²) in [7, 11) is 0. The zero-order valence-corrected chi connectivity index (χ0v) is 19.6. The zero-order valence-electron chi connectivity index (χ0n) is 18.0. The maximum absolute atomic E-state index is 13.5. The van der Waals surface area contributed by atoms with Gasteiger partial charge in [0.25, 0.3) is 17.0 Å². The van der Waals surface area contributed by atoms with Gasteiger partial charge in [0, 0.05) is 22.7 Å². The molecule has 0 radical (unpaired) electrons. The predicted octanol–water partition coefficient (Wildman–Crippen LogP) is 2.75. The number of aliphatic hydroxyl groups excluding tert-OH is 1. The lowest BCUT2D eigenvalue weighted by atomic mass is 9.60. The van der Waals surface area contributed by atoms with Crippen molar-refractivity contribution in [2.45, 2.75) is 56.2 Å². The van der Waals surface area contributed by atoms with E-state index in [4.69, 9.17) is 21.1 Å². The van der Waals surface area contributed by atoms with Crippen LogP contribution in [0.2, 0.25) is 5.02 Å². The van der Waals surface area contributed by atoms with Crippen molar-refractivity contribution >= 4 is 34.8 Å². The molecule has 0 aliphatic heterocycles. The summed E-state index contributed by atoms with van der Waals surface area (Å²) in [6.45, 7) is 1.45. The Balaban J connectivity index is 1.28. The normalized spacial score (nSPS) is 26.0. The predicted molar refractivity (Wildman–Crippen MR) is 120 cm³/mol. The van der Waals surface area contributed by atoms with Crippen molar-refractivity contribution in [2.24, 2.45) is 0 Å². The van der Waals surface area contributed by atoms with Crippen LogP contribution in [0.4, 0.5) is 4.39 Å². The molecule has 5 rings (SSSR count). The highest BCUT2D eigenvalue weighted by Crippen LogP contribution is 2.47. The average molecular weight is 498 g/mol. The third-order valence-electron chi connectivity index (χ3n) is 6.30. The van der Waals surface area contributed by atoms with Crippen LogP contribution < -0.4 is 20.1 Å². The quantitative estimate of drug-likeness (QED) is 0.517. The Morgan fingerprint density at radius 3 is 2.55 bits per heavy atom. The van der Waals surface area contributed by atoms with Crippen molar-refractivity contribution < 1.29 is 28.6 Å². The van der Waals surface area contributed by atoms with Crippen molar-refractivity contribution in [2.75, 3.05) is 13.2 Å². The fraction of sp³-hybridized carbons (Fsp3) is 0.500. The molecule has 8 nitrogen and oxygen atoms in total. The van der Waals surface area contributed by atoms with E-state index in [1.807, 2.05) is 6.92 Å². The first kappa shape index (κ1) is 23.7. The molecule has 3 fully saturated rings. The van der Waals surface area contributed by atoms with Gasteiger partial charge in [-0.25, -0.2) is 9.37 Å². The molecule has 1 aromatic heterocycles. The van der Waals surface area contributed by atoms with Crippen LogP contribution in [0.15, 0.2) is 24.4 Å². The number of rotatable bonds is 8. The number of carbonyl (C=O) groups excluding carboxylic acids is 2. The molecule has 1 heterocycles. The van der Waals surface area contributed by atoms with Crippen LogP contribution >= 0.6 is 22.9 Å². The van der Waals surface area contributed by atoms with Gasteiger partial charge in [-0.1, -0.05) is 22.9 Å². The number of carbonyl (C=O) groups is 2. The molecule has 3 aliphatic rings. The number of hydrogen-bond donors (Lipinski definition) is 3. The fourth-order valence-electron chi connectivity index (χ4n) is 4.55. The van der Waals surface area contributed by atoms with Crippen molar-refractivity contribution in [3.63, 3.8) is 0 Å². The van der Waals surface area contributed by atoms with E-state index in [1.165, 1.54) is 23.5 Å². The number of ether oxygens (including phenoxy) is 2. The minimum absolute atomic E-state index is 0.0290. The second-order valence-electron chi connectivity index (χ2n) is 8.64. The van der Waals surface area contributed by atoms with Gasteiger partial charge in [0.1, 0.15) is 11.6 Å². The molecule has 3 N–H and O–H groups in total. The number of aliphatic hydroxyl groups is 1. The number of aromatic nitrogens is 1. The van der Waals surface area contributed by atoms with Crippen molar-refractivity contribution in [3.8, 4) is 10.9 Å². The highest BCUT2D eigenvalue weighted by molar-refractivity contribution is 7.13. The maximum Gasteiger partial charge on any atom is 0.273 e. The number of aryl methyl sites for hydroxylation is 1. The van der Waals surface area contributed by atoms with Gasteiger partial charge in [-0.2, -0.15) is 0 Å². The van der Waals surface area contributed by atoms with Crippen LogP contribution in [0.5, 0.6) is 10.9 Å². The molecule has 33 heavy (non-hydrogen) atoms. The second-order valence-corrected chi connectivity index (χ2v) is 10.2. The molecule has 178 valence electrons. The lowest BCUT2D eigenvalue weighted by molar-refractivity contribution is -0.137. The van der Waals surface area contributed by atoms with Gasteiger partial charge < -0.3 is 25.2 Å². The molecule has 0 spiro atoms. The number of thiazole rings is 1. The Morgan fingerprint density at radius 2 is 1.91 bits per heavy atom. The summed E-state index contributed by atoms with van der Waals surface area (Å²) in [5.41, 5.74) is -1.30. The standard InChI is InChI=1S/C22H25ClFN3O5S/c1-13-10-25-20(33-13)32-12-18(29)26-21-4-6-22(7-5-21,17(28)9-21)27-19(30)11-31-14-2-3-15(23)16(24)8-14/h2-3,8,10,17,28H,4-7,9,11-12H2,1H3,(H,26,29)(H,27,30). The molecule has 3 saturated carbocycles. The van der Waals surface area contributed by atoms with Crippen LogP contribution in [-0.2, 0) is 9.59 Å². The van der Waals surface area contributed by atoms with E-state index in [0.717, 1.165) is 10.9 Å².